The van der Waals surface area contributed by atoms with Crippen molar-refractivity contribution in [1.82, 2.24) is 5.32 Å². The summed E-state index contributed by atoms with van der Waals surface area (Å²) in [6.07, 6.45) is 0. The molecule has 1 fully saturated rings. The molecule has 0 saturated carbocycles. The first kappa shape index (κ1) is 14.4. The number of carbonyl (C=O) groups is 1. The van der Waals surface area contributed by atoms with E-state index in [1.165, 1.54) is 0 Å². The maximum absolute atomic E-state index is 12.4. The molecule has 0 aliphatic carbocycles. The number of nitrogens with one attached hydrogen (secondary N) is 1. The van der Waals surface area contributed by atoms with Crippen LogP contribution in [-0.4, -0.2) is 37.2 Å². The molecule has 110 valence electrons. The summed E-state index contributed by atoms with van der Waals surface area (Å²) in [4.78, 5) is 12.4. The van der Waals surface area contributed by atoms with Gasteiger partial charge in [-0.15, -0.1) is 11.6 Å². The Labute approximate surface area is 128 Å². The van der Waals surface area contributed by atoms with Crippen molar-refractivity contribution in [3.05, 3.63) is 48.0 Å². The average molecular weight is 324 g/mol. The molecule has 2 aromatic rings. The van der Waals surface area contributed by atoms with Crippen LogP contribution in [0.1, 0.15) is 10.4 Å². The van der Waals surface area contributed by atoms with Crippen LogP contribution in [0.4, 0.5) is 0 Å². The van der Waals surface area contributed by atoms with E-state index in [4.69, 9.17) is 11.6 Å². The highest BCUT2D eigenvalue weighted by Crippen LogP contribution is 2.21. The molecule has 2 aromatic carbocycles. The van der Waals surface area contributed by atoms with E-state index in [0.717, 1.165) is 10.8 Å². The number of hydrogen-bond donors (Lipinski definition) is 1. The lowest BCUT2D eigenvalue weighted by Gasteiger charge is -2.15. The molecule has 0 aromatic heterocycles. The topological polar surface area (TPSA) is 63.2 Å². The standard InChI is InChI=1S/C15H14ClNO3S/c16-13-8-21(19,20)9-14(13)17-15(18)12-7-3-5-10-4-1-2-6-11(10)12/h1-7,13-14H,8-9H2,(H,17,18). The summed E-state index contributed by atoms with van der Waals surface area (Å²) >= 11 is 6.02. The van der Waals surface area contributed by atoms with E-state index in [0.29, 0.717) is 5.56 Å². The highest BCUT2D eigenvalue weighted by Gasteiger charge is 2.37. The summed E-state index contributed by atoms with van der Waals surface area (Å²) in [6, 6.07) is 12.5. The van der Waals surface area contributed by atoms with E-state index in [1.54, 1.807) is 12.1 Å². The van der Waals surface area contributed by atoms with E-state index in [-0.39, 0.29) is 17.4 Å². The maximum Gasteiger partial charge on any atom is 0.252 e. The van der Waals surface area contributed by atoms with Gasteiger partial charge in [0.2, 0.25) is 0 Å². The second-order valence-electron chi connectivity index (χ2n) is 5.20. The van der Waals surface area contributed by atoms with Gasteiger partial charge in [0.1, 0.15) is 0 Å². The Bertz CT molecular complexity index is 798. The summed E-state index contributed by atoms with van der Waals surface area (Å²) in [5, 5.41) is 3.97. The number of fused-ring (bicyclic) bond motifs is 1. The molecule has 2 atom stereocenters. The molecule has 2 unspecified atom stereocenters. The van der Waals surface area contributed by atoms with Gasteiger partial charge in [-0.1, -0.05) is 36.4 Å². The van der Waals surface area contributed by atoms with Crippen LogP contribution in [0.5, 0.6) is 0 Å². The van der Waals surface area contributed by atoms with Gasteiger partial charge in [-0.2, -0.15) is 0 Å². The van der Waals surface area contributed by atoms with Gasteiger partial charge in [0, 0.05) is 5.56 Å². The summed E-state index contributed by atoms with van der Waals surface area (Å²) in [6.45, 7) is 0. The van der Waals surface area contributed by atoms with Crippen molar-refractivity contribution < 1.29 is 13.2 Å². The van der Waals surface area contributed by atoms with E-state index < -0.39 is 21.3 Å². The zero-order valence-electron chi connectivity index (χ0n) is 11.1. The van der Waals surface area contributed by atoms with Crippen molar-refractivity contribution in [3.8, 4) is 0 Å². The van der Waals surface area contributed by atoms with Gasteiger partial charge >= 0.3 is 0 Å². The van der Waals surface area contributed by atoms with Gasteiger partial charge in [-0.25, -0.2) is 8.42 Å². The van der Waals surface area contributed by atoms with Crippen LogP contribution in [0.2, 0.25) is 0 Å². The number of hydrogen-bond acceptors (Lipinski definition) is 3. The van der Waals surface area contributed by atoms with Crippen molar-refractivity contribution in [3.63, 3.8) is 0 Å². The Hall–Kier alpha value is -1.59. The number of benzene rings is 2. The predicted molar refractivity (Wildman–Crippen MR) is 83.5 cm³/mol. The second kappa shape index (κ2) is 5.31. The molecule has 1 aliphatic heterocycles. The lowest BCUT2D eigenvalue weighted by Crippen LogP contribution is -2.40. The summed E-state index contributed by atoms with van der Waals surface area (Å²) in [7, 11) is -3.16. The monoisotopic (exact) mass is 323 g/mol. The average Bonchev–Trinajstić information content (AvgIpc) is 2.70. The van der Waals surface area contributed by atoms with Gasteiger partial charge in [0.15, 0.2) is 9.84 Å². The van der Waals surface area contributed by atoms with Crippen LogP contribution in [0.3, 0.4) is 0 Å². The fourth-order valence-electron chi connectivity index (χ4n) is 2.61. The second-order valence-corrected chi connectivity index (χ2v) is 7.91. The SMILES string of the molecule is O=C(NC1CS(=O)(=O)CC1Cl)c1cccc2ccccc12. The number of alkyl halides is 1. The minimum atomic E-state index is -3.16. The third-order valence-electron chi connectivity index (χ3n) is 3.63. The fourth-order valence-corrected chi connectivity index (χ4v) is 5.16. The van der Waals surface area contributed by atoms with Crippen molar-refractivity contribution in [1.29, 1.82) is 0 Å². The van der Waals surface area contributed by atoms with E-state index in [2.05, 4.69) is 5.32 Å². The number of sulfone groups is 1. The molecule has 0 radical (unpaired) electrons. The van der Waals surface area contributed by atoms with Gasteiger partial charge in [-0.05, 0) is 16.8 Å². The molecular weight excluding hydrogens is 310 g/mol. The number of rotatable bonds is 2. The van der Waals surface area contributed by atoms with Gasteiger partial charge in [0.05, 0.1) is 22.9 Å². The molecule has 1 amide bonds. The zero-order valence-corrected chi connectivity index (χ0v) is 12.7. The molecule has 0 spiro atoms. The summed E-state index contributed by atoms with van der Waals surface area (Å²) in [5.74, 6) is -0.480. The third-order valence-corrected chi connectivity index (χ3v) is 6.01. The lowest BCUT2D eigenvalue weighted by atomic mass is 10.0. The van der Waals surface area contributed by atoms with Crippen molar-refractivity contribution in [2.75, 3.05) is 11.5 Å². The van der Waals surface area contributed by atoms with Gasteiger partial charge in [-0.3, -0.25) is 4.79 Å². The Morgan fingerprint density at radius 2 is 1.81 bits per heavy atom. The maximum atomic E-state index is 12.4. The first-order chi connectivity index (χ1) is 9.96. The van der Waals surface area contributed by atoms with Crippen LogP contribution >= 0.6 is 11.6 Å². The molecule has 0 bridgehead atoms. The quantitative estimate of drug-likeness (QED) is 0.859. The highest BCUT2D eigenvalue weighted by molar-refractivity contribution is 7.91. The summed E-state index contributed by atoms with van der Waals surface area (Å²) < 4.78 is 23.1. The van der Waals surface area contributed by atoms with E-state index in [1.807, 2.05) is 30.3 Å². The minimum absolute atomic E-state index is 0.0883. The van der Waals surface area contributed by atoms with Crippen molar-refractivity contribution in [2.24, 2.45) is 0 Å². The number of carbonyl (C=O) groups excluding carboxylic acids is 1. The van der Waals surface area contributed by atoms with Gasteiger partial charge in [0.25, 0.3) is 5.91 Å². The smallest absolute Gasteiger partial charge is 0.252 e. The first-order valence-corrected chi connectivity index (χ1v) is 8.85. The van der Waals surface area contributed by atoms with E-state index in [9.17, 15) is 13.2 Å². The van der Waals surface area contributed by atoms with Crippen LogP contribution in [0.15, 0.2) is 42.5 Å². The largest absolute Gasteiger partial charge is 0.347 e. The lowest BCUT2D eigenvalue weighted by molar-refractivity contribution is 0.0943. The van der Waals surface area contributed by atoms with Crippen LogP contribution in [0.25, 0.3) is 10.8 Å². The van der Waals surface area contributed by atoms with Crippen LogP contribution in [-0.2, 0) is 9.84 Å². The normalized spacial score (nSPS) is 24.0. The Morgan fingerprint density at radius 3 is 2.52 bits per heavy atom. The molecule has 3 rings (SSSR count). The molecule has 6 heteroatoms. The van der Waals surface area contributed by atoms with Crippen molar-refractivity contribution >= 4 is 38.1 Å². The number of amides is 1. The molecule has 4 nitrogen and oxygen atoms in total. The number of halogens is 1. The van der Waals surface area contributed by atoms with Crippen molar-refractivity contribution in [2.45, 2.75) is 11.4 Å². The molecular formula is C15H14ClNO3S. The highest BCUT2D eigenvalue weighted by atomic mass is 35.5. The van der Waals surface area contributed by atoms with Crippen LogP contribution in [0, 0.1) is 0 Å². The Kier molecular flexibility index (Phi) is 3.63. The molecule has 1 saturated heterocycles. The Morgan fingerprint density at radius 1 is 1.10 bits per heavy atom. The third kappa shape index (κ3) is 2.89. The van der Waals surface area contributed by atoms with E-state index >= 15 is 0 Å². The zero-order chi connectivity index (χ0) is 15.0. The Balaban J connectivity index is 1.88. The minimum Gasteiger partial charge on any atom is -0.347 e. The predicted octanol–water partition coefficient (Wildman–Crippen LogP) is 1.97. The molecule has 1 N–H and O–H groups in total. The summed E-state index contributed by atoms with van der Waals surface area (Å²) in [5.41, 5.74) is 0.529. The molecule has 21 heavy (non-hydrogen) atoms. The molecule has 1 aliphatic rings. The molecule has 1 heterocycles. The fraction of sp³-hybridized carbons (Fsp3) is 0.267. The van der Waals surface area contributed by atoms with Gasteiger partial charge < -0.3 is 5.32 Å². The van der Waals surface area contributed by atoms with Crippen LogP contribution < -0.4 is 5.32 Å². The first-order valence-electron chi connectivity index (χ1n) is 6.59.